The van der Waals surface area contributed by atoms with Crippen LogP contribution in [0.5, 0.6) is 5.75 Å². The van der Waals surface area contributed by atoms with Crippen LogP contribution in [0, 0.1) is 0 Å². The van der Waals surface area contributed by atoms with Crippen LogP contribution >= 0.6 is 0 Å². The molecule has 0 spiro atoms. The molecule has 156 valence electrons. The Morgan fingerprint density at radius 1 is 1.03 bits per heavy atom. The Morgan fingerprint density at radius 2 is 1.90 bits per heavy atom. The van der Waals surface area contributed by atoms with Gasteiger partial charge in [-0.25, -0.2) is 9.97 Å². The molecule has 0 unspecified atom stereocenters. The van der Waals surface area contributed by atoms with E-state index in [1.54, 1.807) is 0 Å². The number of nitrogens with one attached hydrogen (secondary N) is 2. The first-order valence-electron chi connectivity index (χ1n) is 10.9. The maximum atomic E-state index is 5.94. The number of aromatic nitrogens is 4. The van der Waals surface area contributed by atoms with Crippen molar-refractivity contribution in [3.63, 3.8) is 0 Å². The van der Waals surface area contributed by atoms with Crippen molar-refractivity contribution in [2.24, 2.45) is 0 Å². The van der Waals surface area contributed by atoms with E-state index in [0.717, 1.165) is 72.4 Å². The third-order valence-corrected chi connectivity index (χ3v) is 6.16. The normalized spacial score (nSPS) is 16.3. The first-order chi connectivity index (χ1) is 15.3. The molecule has 4 heterocycles. The molecule has 0 saturated carbocycles. The number of ether oxygens (including phenoxy) is 1. The summed E-state index contributed by atoms with van der Waals surface area (Å²) in [5, 5.41) is 12.3. The van der Waals surface area contributed by atoms with Crippen molar-refractivity contribution in [1.82, 2.24) is 25.1 Å². The highest BCUT2D eigenvalue weighted by Gasteiger charge is 2.19. The second-order valence-corrected chi connectivity index (χ2v) is 8.14. The first kappa shape index (κ1) is 18.3. The maximum Gasteiger partial charge on any atom is 0.227 e. The molecule has 0 atom stereocenters. The van der Waals surface area contributed by atoms with Crippen LogP contribution in [-0.4, -0.2) is 39.4 Å². The molecule has 2 aliphatic heterocycles. The minimum atomic E-state index is 0.445. The number of benzene rings is 2. The van der Waals surface area contributed by atoms with Gasteiger partial charge in [0.05, 0.1) is 30.0 Å². The predicted octanol–water partition coefficient (Wildman–Crippen LogP) is 4.10. The third kappa shape index (κ3) is 3.41. The first-order valence-corrected chi connectivity index (χ1v) is 10.9. The number of anilines is 2. The monoisotopic (exact) mass is 412 g/mol. The summed E-state index contributed by atoms with van der Waals surface area (Å²) in [6.07, 6.45) is 8.92. The van der Waals surface area contributed by atoms with Crippen LogP contribution in [0.2, 0.25) is 0 Å². The third-order valence-electron chi connectivity index (χ3n) is 6.16. The SMILES string of the molecule is c1cc2c(c(-c3cccc4cnc(Nc5cnn(C6CCNCC6)c5)nc34)c1)OCC2. The van der Waals surface area contributed by atoms with Crippen molar-refractivity contribution in [3.05, 3.63) is 60.6 Å². The zero-order valence-electron chi connectivity index (χ0n) is 17.2. The van der Waals surface area contributed by atoms with Crippen molar-refractivity contribution >= 4 is 22.5 Å². The van der Waals surface area contributed by atoms with Crippen LogP contribution in [-0.2, 0) is 6.42 Å². The summed E-state index contributed by atoms with van der Waals surface area (Å²) in [4.78, 5) is 9.40. The van der Waals surface area contributed by atoms with Gasteiger partial charge in [-0.1, -0.05) is 36.4 Å². The van der Waals surface area contributed by atoms with Crippen LogP contribution in [0.4, 0.5) is 11.6 Å². The zero-order valence-corrected chi connectivity index (χ0v) is 17.2. The Hall–Kier alpha value is -3.45. The largest absolute Gasteiger partial charge is 0.492 e. The van der Waals surface area contributed by atoms with Crippen molar-refractivity contribution < 1.29 is 4.74 Å². The fourth-order valence-corrected chi connectivity index (χ4v) is 4.56. The summed E-state index contributed by atoms with van der Waals surface area (Å²) in [7, 11) is 0. The molecule has 0 aliphatic carbocycles. The fraction of sp³-hybridized carbons (Fsp3) is 0.292. The Bertz CT molecular complexity index is 1240. The summed E-state index contributed by atoms with van der Waals surface area (Å²) >= 11 is 0. The highest BCUT2D eigenvalue weighted by atomic mass is 16.5. The van der Waals surface area contributed by atoms with E-state index in [9.17, 15) is 0 Å². The second kappa shape index (κ2) is 7.67. The molecule has 0 amide bonds. The van der Waals surface area contributed by atoms with Crippen molar-refractivity contribution in [1.29, 1.82) is 0 Å². The molecule has 1 fully saturated rings. The quantitative estimate of drug-likeness (QED) is 0.526. The summed E-state index contributed by atoms with van der Waals surface area (Å²) in [6, 6.07) is 13.0. The molecular formula is C24H24N6O. The van der Waals surface area contributed by atoms with E-state index in [-0.39, 0.29) is 0 Å². The highest BCUT2D eigenvalue weighted by Crippen LogP contribution is 2.39. The van der Waals surface area contributed by atoms with E-state index in [2.05, 4.69) is 49.7 Å². The van der Waals surface area contributed by atoms with Gasteiger partial charge in [-0.05, 0) is 31.5 Å². The van der Waals surface area contributed by atoms with E-state index < -0.39 is 0 Å². The Balaban J connectivity index is 1.34. The van der Waals surface area contributed by atoms with E-state index in [0.29, 0.717) is 12.0 Å². The molecule has 2 aromatic heterocycles. The predicted molar refractivity (Wildman–Crippen MR) is 121 cm³/mol. The van der Waals surface area contributed by atoms with Gasteiger partial charge >= 0.3 is 0 Å². The second-order valence-electron chi connectivity index (χ2n) is 8.14. The number of hydrogen-bond donors (Lipinski definition) is 2. The average molecular weight is 412 g/mol. The Morgan fingerprint density at radius 3 is 2.84 bits per heavy atom. The van der Waals surface area contributed by atoms with Crippen LogP contribution in [0.3, 0.4) is 0 Å². The number of nitrogens with zero attached hydrogens (tertiary/aromatic N) is 4. The van der Waals surface area contributed by atoms with Gasteiger partial charge in [0.25, 0.3) is 0 Å². The van der Waals surface area contributed by atoms with Crippen LogP contribution in [0.15, 0.2) is 55.0 Å². The fourth-order valence-electron chi connectivity index (χ4n) is 4.56. The average Bonchev–Trinajstić information content (AvgIpc) is 3.49. The van der Waals surface area contributed by atoms with Crippen molar-refractivity contribution in [3.8, 4) is 16.9 Å². The molecule has 0 radical (unpaired) electrons. The van der Waals surface area contributed by atoms with Gasteiger partial charge in [0, 0.05) is 35.3 Å². The summed E-state index contributed by atoms with van der Waals surface area (Å²) in [6.45, 7) is 2.81. The maximum absolute atomic E-state index is 5.94. The zero-order chi connectivity index (χ0) is 20.6. The van der Waals surface area contributed by atoms with Crippen molar-refractivity contribution in [2.75, 3.05) is 25.0 Å². The molecule has 6 rings (SSSR count). The molecule has 31 heavy (non-hydrogen) atoms. The minimum absolute atomic E-state index is 0.445. The molecule has 2 N–H and O–H groups in total. The van der Waals surface area contributed by atoms with Crippen LogP contribution < -0.4 is 15.4 Å². The molecular weight excluding hydrogens is 388 g/mol. The van der Waals surface area contributed by atoms with E-state index in [4.69, 9.17) is 9.72 Å². The van der Waals surface area contributed by atoms with Gasteiger partial charge in [-0.3, -0.25) is 4.68 Å². The lowest BCUT2D eigenvalue weighted by molar-refractivity contribution is 0.343. The van der Waals surface area contributed by atoms with Gasteiger partial charge in [0.1, 0.15) is 5.75 Å². The lowest BCUT2D eigenvalue weighted by atomic mass is 9.99. The lowest BCUT2D eigenvalue weighted by Crippen LogP contribution is -2.29. The standard InChI is InChI=1S/C24H24N6O/c1-3-16-9-12-31-23(16)21(6-1)20-5-2-4-17-13-26-24(29-22(17)20)28-18-14-27-30(15-18)19-7-10-25-11-8-19/h1-6,13-15,19,25H,7-12H2,(H,26,28,29). The van der Waals surface area contributed by atoms with Gasteiger partial charge in [0.2, 0.25) is 5.95 Å². The Labute approximate surface area is 180 Å². The summed E-state index contributed by atoms with van der Waals surface area (Å²) in [5.74, 6) is 1.55. The summed E-state index contributed by atoms with van der Waals surface area (Å²) in [5.41, 5.74) is 5.22. The van der Waals surface area contributed by atoms with Gasteiger partial charge in [0.15, 0.2) is 0 Å². The number of hydrogen-bond acceptors (Lipinski definition) is 6. The topological polar surface area (TPSA) is 76.9 Å². The number of piperidine rings is 1. The molecule has 7 nitrogen and oxygen atoms in total. The molecule has 2 aromatic carbocycles. The number of fused-ring (bicyclic) bond motifs is 2. The lowest BCUT2D eigenvalue weighted by Gasteiger charge is -2.22. The van der Waals surface area contributed by atoms with E-state index in [1.165, 1.54) is 5.56 Å². The summed E-state index contributed by atoms with van der Waals surface area (Å²) < 4.78 is 8.00. The number of rotatable bonds is 4. The van der Waals surface area contributed by atoms with Crippen molar-refractivity contribution in [2.45, 2.75) is 25.3 Å². The minimum Gasteiger partial charge on any atom is -0.492 e. The molecule has 2 aliphatic rings. The smallest absolute Gasteiger partial charge is 0.227 e. The number of para-hydroxylation sites is 2. The van der Waals surface area contributed by atoms with Gasteiger partial charge in [-0.15, -0.1) is 0 Å². The Kier molecular flexibility index (Phi) is 4.53. The molecule has 7 heteroatoms. The molecule has 0 bridgehead atoms. The van der Waals surface area contributed by atoms with Crippen LogP contribution in [0.1, 0.15) is 24.4 Å². The van der Waals surface area contributed by atoms with Gasteiger partial charge < -0.3 is 15.4 Å². The van der Waals surface area contributed by atoms with Crippen LogP contribution in [0.25, 0.3) is 22.0 Å². The highest BCUT2D eigenvalue weighted by molar-refractivity contribution is 5.95. The van der Waals surface area contributed by atoms with Gasteiger partial charge in [-0.2, -0.15) is 5.10 Å². The molecule has 4 aromatic rings. The van der Waals surface area contributed by atoms with E-state index in [1.807, 2.05) is 30.7 Å². The van der Waals surface area contributed by atoms with E-state index >= 15 is 0 Å². The molecule has 1 saturated heterocycles.